The minimum absolute atomic E-state index is 0.0878. The quantitative estimate of drug-likeness (QED) is 0.573. The van der Waals surface area contributed by atoms with Crippen LogP contribution >= 0.6 is 0 Å². The van der Waals surface area contributed by atoms with E-state index in [-0.39, 0.29) is 42.1 Å². The number of nitrogens with zero attached hydrogens (tertiary/aromatic N) is 2. The van der Waals surface area contributed by atoms with Crippen molar-refractivity contribution in [2.45, 2.75) is 63.0 Å². The Labute approximate surface area is 197 Å². The lowest BCUT2D eigenvalue weighted by Gasteiger charge is -2.16. The van der Waals surface area contributed by atoms with Crippen LogP contribution in [0.2, 0.25) is 0 Å². The Morgan fingerprint density at radius 2 is 2.06 bits per heavy atom. The van der Waals surface area contributed by atoms with E-state index in [1.54, 1.807) is 4.90 Å². The second kappa shape index (κ2) is 9.00. The van der Waals surface area contributed by atoms with Crippen LogP contribution in [-0.4, -0.2) is 53.1 Å². The molecule has 2 saturated carbocycles. The molecule has 3 aliphatic rings. The van der Waals surface area contributed by atoms with Gasteiger partial charge in [0.05, 0.1) is 13.0 Å². The number of amides is 3. The summed E-state index contributed by atoms with van der Waals surface area (Å²) in [5.74, 6) is 0.502. The largest absolute Gasteiger partial charge is 0.447 e. The number of aromatic nitrogens is 2. The fourth-order valence-corrected chi connectivity index (χ4v) is 4.47. The van der Waals surface area contributed by atoms with Crippen molar-refractivity contribution in [1.82, 2.24) is 15.5 Å². The number of hydrogen-bond donors (Lipinski definition) is 3. The van der Waals surface area contributed by atoms with Gasteiger partial charge in [-0.2, -0.15) is 5.10 Å². The third-order valence-corrected chi connectivity index (χ3v) is 6.74. The third-order valence-electron chi connectivity index (χ3n) is 6.74. The third kappa shape index (κ3) is 5.16. The molecule has 1 saturated heterocycles. The van der Waals surface area contributed by atoms with Crippen molar-refractivity contribution in [3.63, 3.8) is 0 Å². The lowest BCUT2D eigenvalue weighted by molar-refractivity contribution is -0.115. The molecule has 5 rings (SSSR count). The van der Waals surface area contributed by atoms with Crippen molar-refractivity contribution >= 4 is 29.6 Å². The molecule has 2 unspecified atom stereocenters. The average molecular weight is 468 g/mol. The molecule has 2 aliphatic carbocycles. The maximum absolute atomic E-state index is 12.5. The number of benzene rings is 1. The SMILES string of the molecule is CC1(NC(=O)OC2CCC(c3cc(NC(=O)Cc4ccc(N5CCOC5=O)cc4)n[nH]3)C2)CC1. The molecule has 1 aromatic carbocycles. The Balaban J connectivity index is 1.09. The Hall–Kier alpha value is -3.56. The summed E-state index contributed by atoms with van der Waals surface area (Å²) in [6, 6.07) is 9.12. The predicted octanol–water partition coefficient (Wildman–Crippen LogP) is 3.46. The van der Waals surface area contributed by atoms with Crippen LogP contribution in [0.15, 0.2) is 30.3 Å². The molecule has 1 aromatic heterocycles. The van der Waals surface area contributed by atoms with E-state index >= 15 is 0 Å². The molecule has 0 spiro atoms. The van der Waals surface area contributed by atoms with E-state index < -0.39 is 0 Å². The fraction of sp³-hybridized carbons (Fsp3) is 0.500. The monoisotopic (exact) mass is 467 g/mol. The minimum Gasteiger partial charge on any atom is -0.447 e. The highest BCUT2D eigenvalue weighted by atomic mass is 16.6. The van der Waals surface area contributed by atoms with Gasteiger partial charge in [-0.05, 0) is 56.7 Å². The second-order valence-corrected chi connectivity index (χ2v) is 9.59. The van der Waals surface area contributed by atoms with Crippen molar-refractivity contribution in [2.75, 3.05) is 23.4 Å². The van der Waals surface area contributed by atoms with Crippen molar-refractivity contribution < 1.29 is 23.9 Å². The smallest absolute Gasteiger partial charge is 0.414 e. The molecule has 3 fully saturated rings. The highest BCUT2D eigenvalue weighted by Crippen LogP contribution is 2.37. The summed E-state index contributed by atoms with van der Waals surface area (Å²) in [7, 11) is 0. The molecule has 10 nitrogen and oxygen atoms in total. The number of carbonyl (C=O) groups is 3. The number of nitrogens with one attached hydrogen (secondary N) is 3. The summed E-state index contributed by atoms with van der Waals surface area (Å²) in [6.45, 7) is 2.94. The van der Waals surface area contributed by atoms with Crippen molar-refractivity contribution in [2.24, 2.45) is 0 Å². The number of anilines is 2. The summed E-state index contributed by atoms with van der Waals surface area (Å²) < 4.78 is 10.5. The van der Waals surface area contributed by atoms with Gasteiger partial charge >= 0.3 is 12.2 Å². The average Bonchev–Trinajstić information content (AvgIpc) is 3.21. The van der Waals surface area contributed by atoms with Crippen LogP contribution in [0.1, 0.15) is 56.2 Å². The van der Waals surface area contributed by atoms with Crippen LogP contribution < -0.4 is 15.5 Å². The molecule has 10 heteroatoms. The number of alkyl carbamates (subject to hydrolysis) is 1. The van der Waals surface area contributed by atoms with Gasteiger partial charge in [0.1, 0.15) is 12.7 Å². The minimum atomic E-state index is -0.351. The standard InChI is InChI=1S/C24H29N5O5/c1-24(8-9-24)26-22(31)34-18-7-4-16(13-18)19-14-20(28-27-19)25-21(30)12-15-2-5-17(6-3-15)29-10-11-33-23(29)32/h2-3,5-6,14,16,18H,4,7-13H2,1H3,(H,26,31)(H2,25,27,28,30). The Kier molecular flexibility index (Phi) is 5.89. The van der Waals surface area contributed by atoms with Crippen molar-refractivity contribution in [3.05, 3.63) is 41.6 Å². The number of aromatic amines is 1. The Morgan fingerprint density at radius 3 is 2.76 bits per heavy atom. The lowest BCUT2D eigenvalue weighted by Crippen LogP contribution is -2.36. The van der Waals surface area contributed by atoms with Gasteiger partial charge in [0.15, 0.2) is 5.82 Å². The van der Waals surface area contributed by atoms with Gasteiger partial charge in [0, 0.05) is 28.9 Å². The van der Waals surface area contributed by atoms with Crippen LogP contribution in [0, 0.1) is 0 Å². The normalized spacial score (nSPS) is 22.9. The van der Waals surface area contributed by atoms with Gasteiger partial charge in [-0.15, -0.1) is 0 Å². The number of cyclic esters (lactones) is 1. The van der Waals surface area contributed by atoms with Gasteiger partial charge < -0.3 is 20.1 Å². The van der Waals surface area contributed by atoms with Crippen LogP contribution in [0.4, 0.5) is 21.1 Å². The van der Waals surface area contributed by atoms with Crippen molar-refractivity contribution in [1.29, 1.82) is 0 Å². The zero-order chi connectivity index (χ0) is 23.7. The second-order valence-electron chi connectivity index (χ2n) is 9.59. The summed E-state index contributed by atoms with van der Waals surface area (Å²) in [4.78, 5) is 37.8. The van der Waals surface area contributed by atoms with E-state index in [1.165, 1.54) is 0 Å². The first-order valence-electron chi connectivity index (χ1n) is 11.7. The molecule has 2 aromatic rings. The van der Waals surface area contributed by atoms with Crippen LogP contribution in [-0.2, 0) is 20.7 Å². The molecule has 180 valence electrons. The van der Waals surface area contributed by atoms with Crippen LogP contribution in [0.3, 0.4) is 0 Å². The number of rotatable bonds is 7. The van der Waals surface area contributed by atoms with Crippen molar-refractivity contribution in [3.8, 4) is 0 Å². The van der Waals surface area contributed by atoms with Crippen LogP contribution in [0.25, 0.3) is 0 Å². The van der Waals surface area contributed by atoms with E-state index in [9.17, 15) is 14.4 Å². The van der Waals surface area contributed by atoms with Gasteiger partial charge in [-0.3, -0.25) is 14.8 Å². The maximum Gasteiger partial charge on any atom is 0.414 e. The molecule has 3 N–H and O–H groups in total. The van der Waals surface area contributed by atoms with E-state index in [1.807, 2.05) is 37.3 Å². The van der Waals surface area contributed by atoms with E-state index in [2.05, 4.69) is 20.8 Å². The number of carbonyl (C=O) groups excluding carboxylic acids is 3. The van der Waals surface area contributed by atoms with Gasteiger partial charge in [-0.1, -0.05) is 12.1 Å². The van der Waals surface area contributed by atoms with Gasteiger partial charge in [0.25, 0.3) is 0 Å². The summed E-state index contributed by atoms with van der Waals surface area (Å²) >= 11 is 0. The molecule has 2 atom stereocenters. The molecule has 2 heterocycles. The molecule has 3 amide bonds. The molecule has 0 radical (unpaired) electrons. The number of ether oxygens (including phenoxy) is 2. The fourth-order valence-electron chi connectivity index (χ4n) is 4.47. The van der Waals surface area contributed by atoms with Gasteiger partial charge in [0.2, 0.25) is 5.91 Å². The van der Waals surface area contributed by atoms with E-state index in [0.29, 0.717) is 19.0 Å². The van der Waals surface area contributed by atoms with Gasteiger partial charge in [-0.25, -0.2) is 9.59 Å². The first-order chi connectivity index (χ1) is 16.4. The first kappa shape index (κ1) is 22.2. The summed E-state index contributed by atoms with van der Waals surface area (Å²) in [5, 5.41) is 13.0. The Bertz CT molecular complexity index is 1080. The predicted molar refractivity (Wildman–Crippen MR) is 124 cm³/mol. The molecule has 34 heavy (non-hydrogen) atoms. The highest BCUT2D eigenvalue weighted by Gasteiger charge is 2.40. The summed E-state index contributed by atoms with van der Waals surface area (Å²) in [6.07, 6.45) is 3.82. The number of hydrogen-bond acceptors (Lipinski definition) is 6. The van der Waals surface area contributed by atoms with E-state index in [0.717, 1.165) is 49.0 Å². The molecule has 0 bridgehead atoms. The zero-order valence-electron chi connectivity index (χ0n) is 19.1. The van der Waals surface area contributed by atoms with Crippen LogP contribution in [0.5, 0.6) is 0 Å². The topological polar surface area (TPSA) is 126 Å². The lowest BCUT2D eigenvalue weighted by atomic mass is 10.0. The Morgan fingerprint density at radius 1 is 1.26 bits per heavy atom. The molecule has 1 aliphatic heterocycles. The maximum atomic E-state index is 12.5. The molecular weight excluding hydrogens is 438 g/mol. The highest BCUT2D eigenvalue weighted by molar-refractivity contribution is 5.92. The zero-order valence-corrected chi connectivity index (χ0v) is 19.1. The first-order valence-corrected chi connectivity index (χ1v) is 11.7. The van der Waals surface area contributed by atoms with E-state index in [4.69, 9.17) is 9.47 Å². The molecular formula is C24H29N5O5. The summed E-state index contributed by atoms with van der Waals surface area (Å²) in [5.41, 5.74) is 2.42. The number of H-pyrrole nitrogens is 1.